The average Bonchev–Trinajstić information content (AvgIpc) is 2.99. The minimum atomic E-state index is -0.185. The number of hydrogen-bond donors (Lipinski definition) is 0. The quantitative estimate of drug-likeness (QED) is 0.662. The molecule has 5 nitrogen and oxygen atoms in total. The van der Waals surface area contributed by atoms with Gasteiger partial charge in [-0.2, -0.15) is 0 Å². The van der Waals surface area contributed by atoms with Crippen LogP contribution in [0.3, 0.4) is 0 Å². The molecule has 0 aromatic heterocycles. The van der Waals surface area contributed by atoms with Crippen LogP contribution in [0.25, 0.3) is 0 Å². The minimum absolute atomic E-state index is 0.119. The fourth-order valence-electron chi connectivity index (χ4n) is 5.98. The Labute approximate surface area is 191 Å². The minimum Gasteiger partial charge on any atom is -0.445 e. The fraction of sp³-hybridized carbons (Fsp3) is 0.519. The third-order valence-corrected chi connectivity index (χ3v) is 7.65. The predicted octanol–water partition coefficient (Wildman–Crippen LogP) is 5.04. The number of piperazine rings is 1. The molecule has 1 aliphatic carbocycles. The molecule has 2 bridgehead atoms. The number of carbonyl (C=O) groups excluding carboxylic acids is 1. The first kappa shape index (κ1) is 21.3. The molecule has 0 radical (unpaired) electrons. The topological polar surface area (TPSA) is 36.0 Å². The number of hydrogen-bond acceptors (Lipinski definition) is 4. The van der Waals surface area contributed by atoms with Crippen molar-refractivity contribution in [3.63, 3.8) is 0 Å². The lowest BCUT2D eigenvalue weighted by Crippen LogP contribution is -2.46. The number of rotatable bonds is 5. The summed E-state index contributed by atoms with van der Waals surface area (Å²) in [7, 11) is 0. The zero-order valence-electron chi connectivity index (χ0n) is 19.4. The molecule has 2 aromatic rings. The van der Waals surface area contributed by atoms with E-state index in [9.17, 15) is 4.79 Å². The van der Waals surface area contributed by atoms with E-state index in [0.29, 0.717) is 18.4 Å². The highest BCUT2D eigenvalue weighted by molar-refractivity contribution is 5.70. The molecule has 2 saturated heterocycles. The smallest absolute Gasteiger partial charge is 0.410 e. The second kappa shape index (κ2) is 9.14. The maximum atomic E-state index is 13.1. The molecule has 1 amide bonds. The first-order chi connectivity index (χ1) is 15.7. The molecular weight excluding hydrogens is 398 g/mol. The van der Waals surface area contributed by atoms with E-state index in [1.807, 2.05) is 35.2 Å². The van der Waals surface area contributed by atoms with Crippen LogP contribution < -0.4 is 4.90 Å². The van der Waals surface area contributed by atoms with Crippen LogP contribution in [0, 0.1) is 5.92 Å². The summed E-state index contributed by atoms with van der Waals surface area (Å²) in [6.07, 6.45) is 2.05. The van der Waals surface area contributed by atoms with Gasteiger partial charge in [0.1, 0.15) is 6.61 Å². The molecule has 3 aliphatic rings. The number of piperidine rings is 1. The van der Waals surface area contributed by atoms with Crippen molar-refractivity contribution in [2.75, 3.05) is 44.2 Å². The molecule has 5 heteroatoms. The summed E-state index contributed by atoms with van der Waals surface area (Å²) in [6, 6.07) is 17.1. The number of nitrogens with zero attached hydrogens (tertiary/aromatic N) is 3. The van der Waals surface area contributed by atoms with Crippen molar-refractivity contribution >= 4 is 11.8 Å². The molecule has 3 atom stereocenters. The summed E-state index contributed by atoms with van der Waals surface area (Å²) in [6.45, 7) is 11.3. The summed E-state index contributed by atoms with van der Waals surface area (Å²) in [5.74, 6) is 0.975. The summed E-state index contributed by atoms with van der Waals surface area (Å²) in [5.41, 5.74) is 5.11. The van der Waals surface area contributed by atoms with Gasteiger partial charge in [0.05, 0.1) is 6.04 Å². The van der Waals surface area contributed by atoms with E-state index in [0.717, 1.165) is 44.7 Å². The molecule has 0 spiro atoms. The second-order valence-corrected chi connectivity index (χ2v) is 9.57. The van der Waals surface area contributed by atoms with Gasteiger partial charge in [0.2, 0.25) is 0 Å². The molecule has 2 aromatic carbocycles. The number of fused-ring (bicyclic) bond motifs is 5. The van der Waals surface area contributed by atoms with E-state index in [4.69, 9.17) is 4.74 Å². The van der Waals surface area contributed by atoms with Gasteiger partial charge in [-0.25, -0.2) is 4.79 Å². The lowest BCUT2D eigenvalue weighted by Gasteiger charge is -2.38. The van der Waals surface area contributed by atoms with Gasteiger partial charge in [0.15, 0.2) is 0 Å². The van der Waals surface area contributed by atoms with Crippen LogP contribution in [-0.2, 0) is 11.3 Å². The summed E-state index contributed by atoms with van der Waals surface area (Å²) in [5, 5.41) is 0. The third-order valence-electron chi connectivity index (χ3n) is 7.65. The zero-order chi connectivity index (χ0) is 22.1. The van der Waals surface area contributed by atoms with Crippen molar-refractivity contribution in [2.45, 2.75) is 45.3 Å². The molecule has 2 unspecified atom stereocenters. The van der Waals surface area contributed by atoms with Gasteiger partial charge >= 0.3 is 6.09 Å². The van der Waals surface area contributed by atoms with E-state index < -0.39 is 0 Å². The van der Waals surface area contributed by atoms with Crippen molar-refractivity contribution in [2.24, 2.45) is 5.92 Å². The van der Waals surface area contributed by atoms with E-state index in [-0.39, 0.29) is 12.1 Å². The Morgan fingerprint density at radius 1 is 1.00 bits per heavy atom. The average molecular weight is 434 g/mol. The van der Waals surface area contributed by atoms with Gasteiger partial charge in [-0.1, -0.05) is 50.2 Å². The number of likely N-dealkylation sites (tertiary alicyclic amines) is 1. The Bertz CT molecular complexity index is 939. The van der Waals surface area contributed by atoms with Crippen molar-refractivity contribution < 1.29 is 9.53 Å². The van der Waals surface area contributed by atoms with Gasteiger partial charge in [-0.3, -0.25) is 4.90 Å². The highest BCUT2D eigenvalue weighted by Crippen LogP contribution is 2.53. The number of ether oxygens (including phenoxy) is 1. The standard InChI is InChI=1S/C27H35N3O2/c1-3-12-28-14-16-29(17-15-28)22-9-10-24-23-11-13-30(26(20(23)2)25(24)18-22)27(31)32-19-21-7-5-4-6-8-21/h4-10,18,20,23,26H,3,11-17,19H2,1-2H3/t20-,23?,26?/m0/s1. The Hall–Kier alpha value is -2.53. The first-order valence-corrected chi connectivity index (χ1v) is 12.2. The molecule has 170 valence electrons. The van der Waals surface area contributed by atoms with Crippen LogP contribution in [-0.4, -0.2) is 55.2 Å². The summed E-state index contributed by atoms with van der Waals surface area (Å²) >= 11 is 0. The molecule has 5 rings (SSSR count). The third kappa shape index (κ3) is 3.99. The number of anilines is 1. The Morgan fingerprint density at radius 2 is 1.78 bits per heavy atom. The Kier molecular flexibility index (Phi) is 6.09. The number of carbonyl (C=O) groups is 1. The molecular formula is C27H35N3O2. The zero-order valence-corrected chi connectivity index (χ0v) is 19.4. The van der Waals surface area contributed by atoms with Gasteiger partial charge in [0, 0.05) is 38.4 Å². The highest BCUT2D eigenvalue weighted by Gasteiger charge is 2.47. The highest BCUT2D eigenvalue weighted by atomic mass is 16.6. The molecule has 0 saturated carbocycles. The van der Waals surface area contributed by atoms with E-state index >= 15 is 0 Å². The molecule has 0 N–H and O–H groups in total. The van der Waals surface area contributed by atoms with Crippen molar-refractivity contribution in [1.29, 1.82) is 0 Å². The van der Waals surface area contributed by atoms with Crippen LogP contribution in [0.15, 0.2) is 48.5 Å². The fourth-order valence-corrected chi connectivity index (χ4v) is 5.98. The van der Waals surface area contributed by atoms with Gasteiger partial charge in [0.25, 0.3) is 0 Å². The molecule has 2 heterocycles. The monoisotopic (exact) mass is 433 g/mol. The van der Waals surface area contributed by atoms with Crippen LogP contribution in [0.4, 0.5) is 10.5 Å². The van der Waals surface area contributed by atoms with Crippen molar-refractivity contribution in [1.82, 2.24) is 9.80 Å². The molecule has 2 fully saturated rings. The van der Waals surface area contributed by atoms with Crippen molar-refractivity contribution in [3.8, 4) is 0 Å². The SMILES string of the molecule is CCCN1CCN(c2ccc3c(c2)C2[C@@H](C)C3CCN2C(=O)OCc2ccccc2)CC1. The largest absolute Gasteiger partial charge is 0.445 e. The Balaban J connectivity index is 1.32. The normalized spacial score (nSPS) is 25.0. The summed E-state index contributed by atoms with van der Waals surface area (Å²) < 4.78 is 5.73. The maximum Gasteiger partial charge on any atom is 0.410 e. The molecule has 2 aliphatic heterocycles. The first-order valence-electron chi connectivity index (χ1n) is 12.2. The van der Waals surface area contributed by atoms with Gasteiger partial charge in [-0.05, 0) is 60.0 Å². The van der Waals surface area contributed by atoms with Crippen molar-refractivity contribution in [3.05, 3.63) is 65.2 Å². The summed E-state index contributed by atoms with van der Waals surface area (Å²) in [4.78, 5) is 20.1. The predicted molar refractivity (Wildman–Crippen MR) is 128 cm³/mol. The molecule has 32 heavy (non-hydrogen) atoms. The lowest BCUT2D eigenvalue weighted by molar-refractivity contribution is 0.0531. The van der Waals surface area contributed by atoms with Crippen LogP contribution in [0.5, 0.6) is 0 Å². The maximum absolute atomic E-state index is 13.1. The van der Waals surface area contributed by atoms with Gasteiger partial charge in [-0.15, -0.1) is 0 Å². The Morgan fingerprint density at radius 3 is 2.53 bits per heavy atom. The van der Waals surface area contributed by atoms with E-state index in [1.54, 1.807) is 0 Å². The number of amides is 1. The second-order valence-electron chi connectivity index (χ2n) is 9.57. The van der Waals surface area contributed by atoms with Crippen LogP contribution in [0.2, 0.25) is 0 Å². The number of benzene rings is 2. The van der Waals surface area contributed by atoms with E-state index in [1.165, 1.54) is 29.8 Å². The van der Waals surface area contributed by atoms with Crippen LogP contribution >= 0.6 is 0 Å². The van der Waals surface area contributed by atoms with Crippen LogP contribution in [0.1, 0.15) is 55.3 Å². The van der Waals surface area contributed by atoms with E-state index in [2.05, 4.69) is 41.8 Å². The van der Waals surface area contributed by atoms with Gasteiger partial charge < -0.3 is 14.5 Å². The lowest BCUT2D eigenvalue weighted by atomic mass is 9.86.